The molecular weight excluding hydrogens is 242 g/mol. The molecule has 0 aliphatic heterocycles. The van der Waals surface area contributed by atoms with Crippen molar-refractivity contribution < 1.29 is 0 Å². The number of hydrogen-bond acceptors (Lipinski definition) is 3. The largest absolute Gasteiger partial charge is 0.389 e. The van der Waals surface area contributed by atoms with Crippen LogP contribution >= 0.6 is 12.2 Å². The van der Waals surface area contributed by atoms with Gasteiger partial charge in [-0.1, -0.05) is 25.6 Å². The van der Waals surface area contributed by atoms with Gasteiger partial charge < -0.3 is 11.1 Å². The van der Waals surface area contributed by atoms with Crippen LogP contribution in [0.25, 0.3) is 0 Å². The van der Waals surface area contributed by atoms with Crippen LogP contribution in [0.2, 0.25) is 0 Å². The van der Waals surface area contributed by atoms with Gasteiger partial charge in [0.05, 0.1) is 0 Å². The summed E-state index contributed by atoms with van der Waals surface area (Å²) in [5, 5.41) is 3.49. The Labute approximate surface area is 114 Å². The van der Waals surface area contributed by atoms with Gasteiger partial charge in [-0.15, -0.1) is 0 Å². The van der Waals surface area contributed by atoms with Crippen molar-refractivity contribution in [3.05, 3.63) is 23.9 Å². The van der Waals surface area contributed by atoms with Gasteiger partial charge in [0.2, 0.25) is 0 Å². The van der Waals surface area contributed by atoms with Crippen LogP contribution in [0.1, 0.15) is 44.6 Å². The topological polar surface area (TPSA) is 50.9 Å². The van der Waals surface area contributed by atoms with Crippen molar-refractivity contribution in [2.45, 2.75) is 45.1 Å². The van der Waals surface area contributed by atoms with Crippen molar-refractivity contribution in [2.24, 2.45) is 11.7 Å². The predicted octanol–water partition coefficient (Wildman–Crippen LogP) is 3.10. The van der Waals surface area contributed by atoms with Crippen molar-refractivity contribution in [2.75, 3.05) is 5.32 Å². The van der Waals surface area contributed by atoms with E-state index < -0.39 is 0 Å². The van der Waals surface area contributed by atoms with Crippen LogP contribution in [0.4, 0.5) is 5.82 Å². The van der Waals surface area contributed by atoms with E-state index in [1.165, 1.54) is 32.1 Å². The maximum Gasteiger partial charge on any atom is 0.126 e. The Morgan fingerprint density at radius 2 is 2.17 bits per heavy atom. The first-order valence-electron chi connectivity index (χ1n) is 6.71. The van der Waals surface area contributed by atoms with Gasteiger partial charge in [0, 0.05) is 17.8 Å². The summed E-state index contributed by atoms with van der Waals surface area (Å²) in [6.07, 6.45) is 8.18. The molecule has 1 aromatic rings. The summed E-state index contributed by atoms with van der Waals surface area (Å²) >= 11 is 4.98. The summed E-state index contributed by atoms with van der Waals surface area (Å²) in [4.78, 5) is 4.75. The lowest BCUT2D eigenvalue weighted by Crippen LogP contribution is -2.26. The number of anilines is 1. The van der Waals surface area contributed by atoms with E-state index in [1.54, 1.807) is 6.20 Å². The minimum atomic E-state index is 0.426. The van der Waals surface area contributed by atoms with Crippen LogP contribution in [0.3, 0.4) is 0 Å². The molecule has 0 spiro atoms. The summed E-state index contributed by atoms with van der Waals surface area (Å²) in [6, 6.07) is 4.33. The maximum absolute atomic E-state index is 5.63. The minimum Gasteiger partial charge on any atom is -0.389 e. The van der Waals surface area contributed by atoms with Crippen molar-refractivity contribution in [3.8, 4) is 0 Å². The van der Waals surface area contributed by atoms with Crippen molar-refractivity contribution in [1.82, 2.24) is 4.98 Å². The van der Waals surface area contributed by atoms with E-state index in [9.17, 15) is 0 Å². The molecule has 1 aliphatic rings. The van der Waals surface area contributed by atoms with Gasteiger partial charge in [0.25, 0.3) is 0 Å². The highest BCUT2D eigenvalue weighted by atomic mass is 32.1. The molecule has 1 fully saturated rings. The second kappa shape index (κ2) is 6.14. The molecule has 0 radical (unpaired) electrons. The van der Waals surface area contributed by atoms with Crippen LogP contribution in [0.15, 0.2) is 18.3 Å². The third-order valence-electron chi connectivity index (χ3n) is 3.82. The highest BCUT2D eigenvalue weighted by Crippen LogP contribution is 2.28. The molecule has 2 rings (SSSR count). The molecule has 0 atom stereocenters. The van der Waals surface area contributed by atoms with Crippen LogP contribution in [0, 0.1) is 5.92 Å². The third kappa shape index (κ3) is 3.42. The van der Waals surface area contributed by atoms with Gasteiger partial charge in [-0.2, -0.15) is 0 Å². The van der Waals surface area contributed by atoms with Gasteiger partial charge in [-0.05, 0) is 43.7 Å². The normalized spacial score (nSPS) is 23.6. The maximum atomic E-state index is 5.63. The molecule has 4 heteroatoms. The molecule has 98 valence electrons. The minimum absolute atomic E-state index is 0.426. The van der Waals surface area contributed by atoms with E-state index in [2.05, 4.69) is 17.2 Å². The number of thiocarbonyl (C=S) groups is 1. The zero-order chi connectivity index (χ0) is 13.0. The Balaban J connectivity index is 1.94. The Morgan fingerprint density at radius 3 is 2.78 bits per heavy atom. The first-order chi connectivity index (χ1) is 8.69. The zero-order valence-corrected chi connectivity index (χ0v) is 11.7. The number of nitrogens with two attached hydrogens (primary N) is 1. The van der Waals surface area contributed by atoms with Crippen molar-refractivity contribution >= 4 is 23.0 Å². The molecule has 18 heavy (non-hydrogen) atoms. The fraction of sp³-hybridized carbons (Fsp3) is 0.571. The lowest BCUT2D eigenvalue weighted by atomic mass is 9.84. The summed E-state index contributed by atoms with van der Waals surface area (Å²) in [5.41, 5.74) is 6.51. The Hall–Kier alpha value is -1.16. The zero-order valence-electron chi connectivity index (χ0n) is 10.9. The number of nitrogens with one attached hydrogen (secondary N) is 1. The third-order valence-corrected chi connectivity index (χ3v) is 4.06. The van der Waals surface area contributed by atoms with Crippen LogP contribution in [0.5, 0.6) is 0 Å². The molecule has 0 saturated heterocycles. The second-order valence-corrected chi connectivity index (χ2v) is 5.50. The number of hydrogen-bond donors (Lipinski definition) is 2. The quantitative estimate of drug-likeness (QED) is 0.820. The molecule has 1 aromatic heterocycles. The summed E-state index contributed by atoms with van der Waals surface area (Å²) < 4.78 is 0. The molecule has 1 aliphatic carbocycles. The van der Waals surface area contributed by atoms with Crippen LogP contribution in [-0.4, -0.2) is 16.0 Å². The van der Waals surface area contributed by atoms with Crippen molar-refractivity contribution in [3.63, 3.8) is 0 Å². The monoisotopic (exact) mass is 263 g/mol. The Morgan fingerprint density at radius 1 is 1.44 bits per heavy atom. The summed E-state index contributed by atoms with van der Waals surface area (Å²) in [7, 11) is 0. The highest BCUT2D eigenvalue weighted by molar-refractivity contribution is 7.80. The Kier molecular flexibility index (Phi) is 4.53. The Bertz CT molecular complexity index is 411. The van der Waals surface area contributed by atoms with E-state index >= 15 is 0 Å². The van der Waals surface area contributed by atoms with Gasteiger partial charge in [-0.3, -0.25) is 0 Å². The molecule has 3 N–H and O–H groups in total. The average molecular weight is 263 g/mol. The smallest absolute Gasteiger partial charge is 0.126 e. The standard InChI is InChI=1S/C14H21N3S/c1-2-10-3-5-12(6-4-10)17-13-9-11(14(15)18)7-8-16-13/h7-10,12H,2-6H2,1H3,(H2,15,18)(H,16,17). The van der Waals surface area contributed by atoms with E-state index in [1.807, 2.05) is 12.1 Å². The van der Waals surface area contributed by atoms with Gasteiger partial charge in [0.15, 0.2) is 0 Å². The molecule has 0 aromatic carbocycles. The molecule has 3 nitrogen and oxygen atoms in total. The fourth-order valence-corrected chi connectivity index (χ4v) is 2.71. The summed E-state index contributed by atoms with van der Waals surface area (Å²) in [5.74, 6) is 1.80. The first-order valence-corrected chi connectivity index (χ1v) is 7.12. The lowest BCUT2D eigenvalue weighted by molar-refractivity contribution is 0.330. The van der Waals surface area contributed by atoms with E-state index in [4.69, 9.17) is 18.0 Å². The number of pyridine rings is 1. The molecule has 1 heterocycles. The molecule has 0 unspecified atom stereocenters. The number of nitrogens with zero attached hydrogens (tertiary/aromatic N) is 1. The van der Waals surface area contributed by atoms with Crippen molar-refractivity contribution in [1.29, 1.82) is 0 Å². The number of aromatic nitrogens is 1. The van der Waals surface area contributed by atoms with Gasteiger partial charge >= 0.3 is 0 Å². The molecule has 0 bridgehead atoms. The van der Waals surface area contributed by atoms with Gasteiger partial charge in [0.1, 0.15) is 10.8 Å². The van der Waals surface area contributed by atoms with E-state index in [0.717, 1.165) is 17.3 Å². The second-order valence-electron chi connectivity index (χ2n) is 5.06. The van der Waals surface area contributed by atoms with Crippen LogP contribution < -0.4 is 11.1 Å². The van der Waals surface area contributed by atoms with Crippen LogP contribution in [-0.2, 0) is 0 Å². The first kappa shape index (κ1) is 13.3. The SMILES string of the molecule is CCC1CCC(Nc2cc(C(N)=S)ccn2)CC1. The number of rotatable bonds is 4. The highest BCUT2D eigenvalue weighted by Gasteiger charge is 2.19. The van der Waals surface area contributed by atoms with E-state index in [-0.39, 0.29) is 0 Å². The molecular formula is C14H21N3S. The fourth-order valence-electron chi connectivity index (χ4n) is 2.59. The summed E-state index contributed by atoms with van der Waals surface area (Å²) in [6.45, 7) is 2.28. The molecule has 0 amide bonds. The molecule has 1 saturated carbocycles. The van der Waals surface area contributed by atoms with E-state index in [0.29, 0.717) is 11.0 Å². The van der Waals surface area contributed by atoms with Gasteiger partial charge in [-0.25, -0.2) is 4.98 Å². The predicted molar refractivity (Wildman–Crippen MR) is 79.8 cm³/mol. The average Bonchev–Trinajstić information content (AvgIpc) is 2.40. The lowest BCUT2D eigenvalue weighted by Gasteiger charge is -2.28.